The van der Waals surface area contributed by atoms with Crippen LogP contribution in [-0.2, 0) is 33.7 Å². The molecular formula is C22H15F6N3O4S. The molecule has 7 nitrogen and oxygen atoms in total. The van der Waals surface area contributed by atoms with Gasteiger partial charge >= 0.3 is 18.3 Å². The maximum Gasteiger partial charge on any atom is 0.433 e. The topological polar surface area (TPSA) is 88.6 Å². The molecule has 2 aromatic carbocycles. The number of fused-ring (bicyclic) bond motifs is 2. The van der Waals surface area contributed by atoms with Crippen molar-refractivity contribution in [3.8, 4) is 0 Å². The van der Waals surface area contributed by atoms with Gasteiger partial charge in [0.1, 0.15) is 11.5 Å². The van der Waals surface area contributed by atoms with Crippen LogP contribution in [0.4, 0.5) is 43.5 Å². The Labute approximate surface area is 200 Å². The van der Waals surface area contributed by atoms with Crippen LogP contribution in [0.1, 0.15) is 27.2 Å². The molecule has 0 fully saturated rings. The third-order valence-corrected chi connectivity index (χ3v) is 7.06. The SMILES string of the molecule is COC(=O)c1cccc2c1N(S(=O)(=O)c1ccc(C(F)(F)F)cc1)Cc1ccc(C(F)(F)F)nc1N2. The molecule has 3 aromatic rings. The van der Waals surface area contributed by atoms with Gasteiger partial charge in [-0.2, -0.15) is 26.3 Å². The summed E-state index contributed by atoms with van der Waals surface area (Å²) in [4.78, 5) is 15.5. The molecule has 2 heterocycles. The molecule has 1 aromatic heterocycles. The maximum atomic E-state index is 13.6. The van der Waals surface area contributed by atoms with Gasteiger partial charge in [-0.15, -0.1) is 0 Å². The Morgan fingerprint density at radius 3 is 2.22 bits per heavy atom. The number of alkyl halides is 6. The lowest BCUT2D eigenvalue weighted by Gasteiger charge is -2.26. The normalized spacial score (nSPS) is 13.8. The van der Waals surface area contributed by atoms with Crippen LogP contribution in [0.3, 0.4) is 0 Å². The molecule has 0 unspecified atom stereocenters. The lowest BCUT2D eigenvalue weighted by atomic mass is 10.1. The number of carbonyl (C=O) groups excluding carboxylic acids is 1. The van der Waals surface area contributed by atoms with Gasteiger partial charge in [0, 0.05) is 5.56 Å². The van der Waals surface area contributed by atoms with Gasteiger partial charge < -0.3 is 10.1 Å². The fourth-order valence-electron chi connectivity index (χ4n) is 3.58. The van der Waals surface area contributed by atoms with Crippen molar-refractivity contribution in [2.75, 3.05) is 16.7 Å². The molecule has 4 rings (SSSR count). The van der Waals surface area contributed by atoms with E-state index in [4.69, 9.17) is 4.74 Å². The highest BCUT2D eigenvalue weighted by molar-refractivity contribution is 7.92. The van der Waals surface area contributed by atoms with Crippen LogP contribution in [0.15, 0.2) is 59.5 Å². The summed E-state index contributed by atoms with van der Waals surface area (Å²) in [6, 6.07) is 8.27. The van der Waals surface area contributed by atoms with Crippen LogP contribution >= 0.6 is 0 Å². The minimum atomic E-state index is -4.79. The number of hydrogen-bond donors (Lipinski definition) is 1. The lowest BCUT2D eigenvalue weighted by Crippen LogP contribution is -2.32. The molecule has 1 aliphatic rings. The zero-order valence-electron chi connectivity index (χ0n) is 18.1. The van der Waals surface area contributed by atoms with Gasteiger partial charge in [-0.1, -0.05) is 12.1 Å². The number of esters is 1. The summed E-state index contributed by atoms with van der Waals surface area (Å²) in [5.41, 5.74) is -2.90. The molecule has 14 heteroatoms. The van der Waals surface area contributed by atoms with Gasteiger partial charge in [0.2, 0.25) is 0 Å². The molecule has 1 aliphatic heterocycles. The number of hydrogen-bond acceptors (Lipinski definition) is 6. The summed E-state index contributed by atoms with van der Waals surface area (Å²) in [7, 11) is -3.59. The van der Waals surface area contributed by atoms with Gasteiger partial charge in [0.05, 0.1) is 41.1 Å². The number of ether oxygens (including phenoxy) is 1. The smallest absolute Gasteiger partial charge is 0.433 e. The van der Waals surface area contributed by atoms with E-state index >= 15 is 0 Å². The fourth-order valence-corrected chi connectivity index (χ4v) is 5.06. The number of para-hydroxylation sites is 1. The molecule has 190 valence electrons. The summed E-state index contributed by atoms with van der Waals surface area (Å²) in [6.45, 7) is -0.585. The molecule has 0 saturated heterocycles. The van der Waals surface area contributed by atoms with Crippen LogP contribution < -0.4 is 9.62 Å². The predicted molar refractivity (Wildman–Crippen MR) is 115 cm³/mol. The number of nitrogens with one attached hydrogen (secondary N) is 1. The number of sulfonamides is 1. The van der Waals surface area contributed by atoms with Crippen molar-refractivity contribution in [3.63, 3.8) is 0 Å². The average Bonchev–Trinajstić information content (AvgIpc) is 2.99. The summed E-state index contributed by atoms with van der Waals surface area (Å²) in [5.74, 6) is -1.26. The minimum Gasteiger partial charge on any atom is -0.465 e. The zero-order valence-corrected chi connectivity index (χ0v) is 18.9. The van der Waals surface area contributed by atoms with Crippen molar-refractivity contribution in [3.05, 3.63) is 77.0 Å². The van der Waals surface area contributed by atoms with Crippen molar-refractivity contribution in [1.82, 2.24) is 4.98 Å². The zero-order chi connectivity index (χ0) is 26.5. The number of anilines is 3. The lowest BCUT2D eigenvalue weighted by molar-refractivity contribution is -0.141. The van der Waals surface area contributed by atoms with E-state index in [9.17, 15) is 39.6 Å². The van der Waals surface area contributed by atoms with Crippen molar-refractivity contribution in [2.45, 2.75) is 23.8 Å². The second-order valence-corrected chi connectivity index (χ2v) is 9.42. The number of carbonyl (C=O) groups is 1. The van der Waals surface area contributed by atoms with Crippen LogP contribution in [0, 0.1) is 0 Å². The monoisotopic (exact) mass is 531 g/mol. The Morgan fingerprint density at radius 2 is 1.64 bits per heavy atom. The van der Waals surface area contributed by atoms with E-state index in [1.54, 1.807) is 0 Å². The second kappa shape index (κ2) is 8.69. The molecule has 0 bridgehead atoms. The van der Waals surface area contributed by atoms with Crippen LogP contribution in [0.5, 0.6) is 0 Å². The van der Waals surface area contributed by atoms with Gasteiger partial charge in [-0.3, -0.25) is 4.31 Å². The van der Waals surface area contributed by atoms with E-state index in [0.717, 1.165) is 25.3 Å². The summed E-state index contributed by atoms with van der Waals surface area (Å²) in [6.07, 6.45) is -9.49. The number of aromatic nitrogens is 1. The molecule has 36 heavy (non-hydrogen) atoms. The number of pyridine rings is 1. The van der Waals surface area contributed by atoms with Crippen LogP contribution in [0.25, 0.3) is 0 Å². The van der Waals surface area contributed by atoms with E-state index in [2.05, 4.69) is 10.3 Å². The van der Waals surface area contributed by atoms with Crippen molar-refractivity contribution < 1.29 is 44.3 Å². The molecular weight excluding hydrogens is 516 g/mol. The first-order valence-corrected chi connectivity index (χ1v) is 11.4. The average molecular weight is 531 g/mol. The van der Waals surface area contributed by atoms with Gasteiger partial charge in [0.15, 0.2) is 0 Å². The highest BCUT2D eigenvalue weighted by Gasteiger charge is 2.37. The number of nitrogens with zero attached hydrogens (tertiary/aromatic N) is 2. The Bertz CT molecular complexity index is 1440. The fraction of sp³-hybridized carbons (Fsp3) is 0.182. The highest BCUT2D eigenvalue weighted by Crippen LogP contribution is 2.42. The molecule has 0 aliphatic carbocycles. The van der Waals surface area contributed by atoms with Crippen molar-refractivity contribution in [2.24, 2.45) is 0 Å². The third-order valence-electron chi connectivity index (χ3n) is 5.30. The molecule has 0 radical (unpaired) electrons. The number of halogens is 6. The highest BCUT2D eigenvalue weighted by atomic mass is 32.2. The number of benzene rings is 2. The largest absolute Gasteiger partial charge is 0.465 e. The van der Waals surface area contributed by atoms with Gasteiger partial charge in [-0.25, -0.2) is 18.2 Å². The minimum absolute atomic E-state index is 0.0190. The molecule has 0 atom stereocenters. The van der Waals surface area contributed by atoms with E-state index in [1.165, 1.54) is 18.2 Å². The Morgan fingerprint density at radius 1 is 0.972 bits per heavy atom. The molecule has 0 spiro atoms. The first-order valence-electron chi connectivity index (χ1n) is 9.99. The number of methoxy groups -OCH3 is 1. The quantitative estimate of drug-likeness (QED) is 0.362. The Kier molecular flexibility index (Phi) is 6.11. The third kappa shape index (κ3) is 4.55. The van der Waals surface area contributed by atoms with E-state index in [0.29, 0.717) is 22.5 Å². The molecule has 1 N–H and O–H groups in total. The van der Waals surface area contributed by atoms with E-state index in [-0.39, 0.29) is 28.3 Å². The summed E-state index contributed by atoms with van der Waals surface area (Å²) >= 11 is 0. The molecule has 0 saturated carbocycles. The van der Waals surface area contributed by atoms with Gasteiger partial charge in [0.25, 0.3) is 10.0 Å². The van der Waals surface area contributed by atoms with Crippen molar-refractivity contribution >= 4 is 33.2 Å². The van der Waals surface area contributed by atoms with E-state index < -0.39 is 51.0 Å². The van der Waals surface area contributed by atoms with Crippen LogP contribution in [0.2, 0.25) is 0 Å². The van der Waals surface area contributed by atoms with Crippen LogP contribution in [-0.4, -0.2) is 26.5 Å². The van der Waals surface area contributed by atoms with Gasteiger partial charge in [-0.05, 0) is 42.5 Å². The molecule has 0 amide bonds. The second-order valence-electron chi connectivity index (χ2n) is 7.55. The first-order chi connectivity index (χ1) is 16.7. The first kappa shape index (κ1) is 25.3. The Balaban J connectivity index is 1.93. The summed E-state index contributed by atoms with van der Waals surface area (Å²) in [5, 5.41) is 2.64. The Hall–Kier alpha value is -3.81. The number of rotatable bonds is 3. The summed E-state index contributed by atoms with van der Waals surface area (Å²) < 4.78 is 111. The van der Waals surface area contributed by atoms with E-state index in [1.807, 2.05) is 0 Å². The van der Waals surface area contributed by atoms with Crippen molar-refractivity contribution in [1.29, 1.82) is 0 Å². The predicted octanol–water partition coefficient (Wildman–Crippen LogP) is 5.36. The standard InChI is InChI=1S/C22H15F6N3O4S/c1-35-20(32)15-3-2-4-16-18(15)31(11-12-5-10-17(22(26,27)28)30-19(12)29-16)36(33,34)14-8-6-13(7-9-14)21(23,24)25/h2-10H,11H2,1H3,(H,29,30). The maximum absolute atomic E-state index is 13.6.